The number of amides is 1. The zero-order valence-electron chi connectivity index (χ0n) is 12.6. The number of hydrogen-bond acceptors (Lipinski definition) is 2. The van der Waals surface area contributed by atoms with E-state index in [-0.39, 0.29) is 24.5 Å². The Labute approximate surface area is 122 Å². The molecular formula is C17H27NO2. The molecule has 1 amide bonds. The Morgan fingerprint density at radius 3 is 2.25 bits per heavy atom. The molecule has 0 aliphatic rings. The van der Waals surface area contributed by atoms with Crippen LogP contribution in [0.4, 0.5) is 0 Å². The van der Waals surface area contributed by atoms with Crippen LogP contribution in [0, 0.1) is 5.92 Å². The predicted octanol–water partition coefficient (Wildman–Crippen LogP) is 2.92. The lowest BCUT2D eigenvalue weighted by molar-refractivity contribution is -0.126. The molecule has 0 saturated heterocycles. The molecule has 1 aromatic rings. The van der Waals surface area contributed by atoms with Crippen molar-refractivity contribution in [3.63, 3.8) is 0 Å². The van der Waals surface area contributed by atoms with Crippen LogP contribution in [0.3, 0.4) is 0 Å². The van der Waals surface area contributed by atoms with Crippen LogP contribution in [0.2, 0.25) is 0 Å². The molecule has 20 heavy (non-hydrogen) atoms. The van der Waals surface area contributed by atoms with Gasteiger partial charge < -0.3 is 10.4 Å². The van der Waals surface area contributed by atoms with Crippen molar-refractivity contribution in [2.45, 2.75) is 52.0 Å². The number of carbonyl (C=O) groups is 1. The third-order valence-corrected chi connectivity index (χ3v) is 3.54. The van der Waals surface area contributed by atoms with E-state index in [0.717, 1.165) is 31.2 Å². The molecule has 1 atom stereocenters. The number of nitrogens with one attached hydrogen (secondary N) is 1. The van der Waals surface area contributed by atoms with Gasteiger partial charge in [-0.2, -0.15) is 0 Å². The first kappa shape index (κ1) is 16.7. The minimum atomic E-state index is -0.193. The first-order valence-electron chi connectivity index (χ1n) is 7.66. The molecule has 112 valence electrons. The zero-order chi connectivity index (χ0) is 14.8. The summed E-state index contributed by atoms with van der Waals surface area (Å²) in [5.74, 6) is 0.165. The number of hydrogen-bond donors (Lipinski definition) is 2. The molecule has 0 aliphatic carbocycles. The SMILES string of the molecule is CCCC(CCC)C(=O)N[C@@H](CO)Cc1ccccc1. The molecule has 1 rings (SSSR count). The van der Waals surface area contributed by atoms with Gasteiger partial charge in [-0.1, -0.05) is 57.0 Å². The Bertz CT molecular complexity index is 372. The van der Waals surface area contributed by atoms with Gasteiger partial charge in [0.1, 0.15) is 0 Å². The second kappa shape index (κ2) is 9.54. The molecule has 1 aromatic carbocycles. The highest BCUT2D eigenvalue weighted by atomic mass is 16.3. The molecule has 3 heteroatoms. The van der Waals surface area contributed by atoms with Crippen molar-refractivity contribution in [2.75, 3.05) is 6.61 Å². The Balaban J connectivity index is 2.55. The fourth-order valence-corrected chi connectivity index (χ4v) is 2.48. The van der Waals surface area contributed by atoms with Gasteiger partial charge in [0.25, 0.3) is 0 Å². The van der Waals surface area contributed by atoms with Gasteiger partial charge in [0.05, 0.1) is 12.6 Å². The van der Waals surface area contributed by atoms with Crippen molar-refractivity contribution < 1.29 is 9.90 Å². The molecule has 0 spiro atoms. The van der Waals surface area contributed by atoms with E-state index in [2.05, 4.69) is 19.2 Å². The molecule has 0 bridgehead atoms. The normalized spacial score (nSPS) is 12.4. The topological polar surface area (TPSA) is 49.3 Å². The van der Waals surface area contributed by atoms with Crippen molar-refractivity contribution in [1.29, 1.82) is 0 Å². The summed E-state index contributed by atoms with van der Waals surface area (Å²) in [6.07, 6.45) is 4.54. The van der Waals surface area contributed by atoms with E-state index in [9.17, 15) is 9.90 Å². The number of rotatable bonds is 9. The molecule has 0 saturated carbocycles. The molecule has 0 heterocycles. The summed E-state index contributed by atoms with van der Waals surface area (Å²) < 4.78 is 0. The van der Waals surface area contributed by atoms with E-state index in [1.807, 2.05) is 30.3 Å². The third kappa shape index (κ3) is 5.74. The number of benzene rings is 1. The van der Waals surface area contributed by atoms with E-state index >= 15 is 0 Å². The average molecular weight is 277 g/mol. The van der Waals surface area contributed by atoms with Gasteiger partial charge in [-0.05, 0) is 24.8 Å². The van der Waals surface area contributed by atoms with Crippen LogP contribution in [0.5, 0.6) is 0 Å². The summed E-state index contributed by atoms with van der Waals surface area (Å²) in [4.78, 5) is 12.3. The first-order chi connectivity index (χ1) is 9.71. The van der Waals surface area contributed by atoms with Crippen molar-refractivity contribution in [2.24, 2.45) is 5.92 Å². The smallest absolute Gasteiger partial charge is 0.223 e. The standard InChI is InChI=1S/C17H27NO2/c1-3-8-15(9-4-2)17(20)18-16(13-19)12-14-10-6-5-7-11-14/h5-7,10-11,15-16,19H,3-4,8-9,12-13H2,1-2H3,(H,18,20)/t16-/m1/s1. The largest absolute Gasteiger partial charge is 0.394 e. The minimum Gasteiger partial charge on any atom is -0.394 e. The molecule has 0 unspecified atom stereocenters. The second-order valence-corrected chi connectivity index (χ2v) is 5.35. The Morgan fingerprint density at radius 2 is 1.75 bits per heavy atom. The minimum absolute atomic E-state index is 0.0222. The first-order valence-corrected chi connectivity index (χ1v) is 7.66. The van der Waals surface area contributed by atoms with E-state index in [1.165, 1.54) is 0 Å². The zero-order valence-corrected chi connectivity index (χ0v) is 12.6. The Morgan fingerprint density at radius 1 is 1.15 bits per heavy atom. The van der Waals surface area contributed by atoms with Crippen molar-refractivity contribution in [3.05, 3.63) is 35.9 Å². The predicted molar refractivity (Wildman–Crippen MR) is 82.5 cm³/mol. The summed E-state index contributed by atoms with van der Waals surface area (Å²) in [6.45, 7) is 4.18. The summed E-state index contributed by atoms with van der Waals surface area (Å²) in [5.41, 5.74) is 1.13. The van der Waals surface area contributed by atoms with Crippen LogP contribution in [0.25, 0.3) is 0 Å². The van der Waals surface area contributed by atoms with E-state index in [1.54, 1.807) is 0 Å². The summed E-state index contributed by atoms with van der Waals surface area (Å²) in [5, 5.41) is 12.5. The molecule has 0 aromatic heterocycles. The van der Waals surface area contributed by atoms with Crippen LogP contribution in [-0.2, 0) is 11.2 Å². The molecule has 3 nitrogen and oxygen atoms in total. The Kier molecular flexibility index (Phi) is 7.97. The van der Waals surface area contributed by atoms with Gasteiger partial charge in [-0.15, -0.1) is 0 Å². The van der Waals surface area contributed by atoms with Gasteiger partial charge in [0.2, 0.25) is 5.91 Å². The van der Waals surface area contributed by atoms with Crippen molar-refractivity contribution >= 4 is 5.91 Å². The maximum absolute atomic E-state index is 12.3. The molecule has 0 radical (unpaired) electrons. The highest BCUT2D eigenvalue weighted by molar-refractivity contribution is 5.78. The van der Waals surface area contributed by atoms with Gasteiger partial charge in [0.15, 0.2) is 0 Å². The lowest BCUT2D eigenvalue weighted by atomic mass is 9.96. The third-order valence-electron chi connectivity index (χ3n) is 3.54. The lowest BCUT2D eigenvalue weighted by Crippen LogP contribution is -2.42. The number of aliphatic hydroxyl groups is 1. The van der Waals surface area contributed by atoms with Crippen molar-refractivity contribution in [3.8, 4) is 0 Å². The average Bonchev–Trinajstić information content (AvgIpc) is 2.47. The van der Waals surface area contributed by atoms with Gasteiger partial charge in [-0.25, -0.2) is 0 Å². The highest BCUT2D eigenvalue weighted by Gasteiger charge is 2.19. The van der Waals surface area contributed by atoms with Crippen molar-refractivity contribution in [1.82, 2.24) is 5.32 Å². The van der Waals surface area contributed by atoms with Gasteiger partial charge in [-0.3, -0.25) is 4.79 Å². The van der Waals surface area contributed by atoms with Crippen LogP contribution in [0.15, 0.2) is 30.3 Å². The van der Waals surface area contributed by atoms with Crippen LogP contribution in [0.1, 0.15) is 45.1 Å². The monoisotopic (exact) mass is 277 g/mol. The van der Waals surface area contributed by atoms with Crippen LogP contribution < -0.4 is 5.32 Å². The fraction of sp³-hybridized carbons (Fsp3) is 0.588. The fourth-order valence-electron chi connectivity index (χ4n) is 2.48. The number of aliphatic hydroxyl groups excluding tert-OH is 1. The molecule has 2 N–H and O–H groups in total. The summed E-state index contributed by atoms with van der Waals surface area (Å²) in [6, 6.07) is 9.76. The Hall–Kier alpha value is -1.35. The van der Waals surface area contributed by atoms with Gasteiger partial charge >= 0.3 is 0 Å². The lowest BCUT2D eigenvalue weighted by Gasteiger charge is -2.21. The van der Waals surface area contributed by atoms with Gasteiger partial charge in [0, 0.05) is 5.92 Å². The van der Waals surface area contributed by atoms with E-state index in [4.69, 9.17) is 0 Å². The van der Waals surface area contributed by atoms with E-state index < -0.39 is 0 Å². The maximum Gasteiger partial charge on any atom is 0.223 e. The summed E-state index contributed by atoms with van der Waals surface area (Å²) >= 11 is 0. The maximum atomic E-state index is 12.3. The molecular weight excluding hydrogens is 250 g/mol. The summed E-state index contributed by atoms with van der Waals surface area (Å²) in [7, 11) is 0. The molecule has 0 aliphatic heterocycles. The second-order valence-electron chi connectivity index (χ2n) is 5.35. The van der Waals surface area contributed by atoms with E-state index in [0.29, 0.717) is 6.42 Å². The molecule has 0 fully saturated rings. The van der Waals surface area contributed by atoms with Crippen LogP contribution in [-0.4, -0.2) is 23.7 Å². The van der Waals surface area contributed by atoms with Crippen LogP contribution >= 0.6 is 0 Å². The number of carbonyl (C=O) groups excluding carboxylic acids is 1. The highest BCUT2D eigenvalue weighted by Crippen LogP contribution is 2.14. The quantitative estimate of drug-likeness (QED) is 0.729.